The Balaban J connectivity index is 4.46. The first-order valence-electron chi connectivity index (χ1n) is 20.2. The van der Waals surface area contributed by atoms with Crippen LogP contribution < -0.4 is 5.32 Å². The van der Waals surface area contributed by atoms with Crippen molar-refractivity contribution in [3.8, 4) is 0 Å². The van der Waals surface area contributed by atoms with Gasteiger partial charge in [-0.3, -0.25) is 18.6 Å². The minimum Gasteiger partial charge on any atom is -0.462 e. The van der Waals surface area contributed by atoms with E-state index in [9.17, 15) is 19.0 Å². The van der Waals surface area contributed by atoms with Crippen LogP contribution in [0.4, 0.5) is 0 Å². The topological polar surface area (TPSA) is 120 Å². The number of hydrogen-bond acceptors (Lipinski definition) is 8. The maximum Gasteiger partial charge on any atom is 0.472 e. The number of carbonyl (C=O) groups is 2. The first-order valence-corrected chi connectivity index (χ1v) is 21.7. The van der Waals surface area contributed by atoms with Crippen LogP contribution in [0, 0.1) is 0 Å². The number of esters is 2. The number of ether oxygens (including phenoxy) is 2. The van der Waals surface area contributed by atoms with E-state index in [1.807, 2.05) is 6.08 Å². The van der Waals surface area contributed by atoms with E-state index in [0.29, 0.717) is 19.4 Å². The van der Waals surface area contributed by atoms with Crippen molar-refractivity contribution in [3.05, 3.63) is 97.2 Å². The molecule has 0 aliphatic heterocycles. The van der Waals surface area contributed by atoms with Crippen LogP contribution in [0.5, 0.6) is 0 Å². The van der Waals surface area contributed by atoms with Crippen molar-refractivity contribution in [2.45, 2.75) is 136 Å². The Bertz CT molecular complexity index is 1200. The Morgan fingerprint density at radius 2 is 1.06 bits per heavy atom. The fourth-order valence-corrected chi connectivity index (χ4v) is 5.40. The van der Waals surface area contributed by atoms with E-state index in [4.69, 9.17) is 18.5 Å². The predicted octanol–water partition coefficient (Wildman–Crippen LogP) is 11.3. The number of phosphoric acid groups is 1. The summed E-state index contributed by atoms with van der Waals surface area (Å²) in [6.07, 6.45) is 48.9. The van der Waals surface area contributed by atoms with Crippen LogP contribution in [0.3, 0.4) is 0 Å². The number of carbonyl (C=O) groups excluding carboxylic acids is 2. The molecule has 0 fully saturated rings. The Morgan fingerprint density at radius 3 is 1.56 bits per heavy atom. The van der Waals surface area contributed by atoms with Gasteiger partial charge in [0.15, 0.2) is 6.10 Å². The van der Waals surface area contributed by atoms with Gasteiger partial charge >= 0.3 is 19.8 Å². The minimum atomic E-state index is -4.38. The van der Waals surface area contributed by atoms with Gasteiger partial charge in [-0.1, -0.05) is 124 Å². The summed E-state index contributed by atoms with van der Waals surface area (Å²) in [5, 5.41) is 2.81. The quantitative estimate of drug-likeness (QED) is 0.0277. The molecule has 0 heterocycles. The normalized spacial score (nSPS) is 14.4. The van der Waals surface area contributed by atoms with Crippen LogP contribution in [0.2, 0.25) is 0 Å². The van der Waals surface area contributed by atoms with Gasteiger partial charge in [0.2, 0.25) is 0 Å². The average molecular weight is 774 g/mol. The molecule has 0 amide bonds. The lowest BCUT2D eigenvalue weighted by molar-refractivity contribution is -0.161. The molecule has 2 unspecified atom stereocenters. The molecule has 9 nitrogen and oxygen atoms in total. The van der Waals surface area contributed by atoms with Gasteiger partial charge in [-0.15, -0.1) is 0 Å². The van der Waals surface area contributed by atoms with Gasteiger partial charge in [-0.05, 0) is 96.9 Å². The molecule has 0 aromatic rings. The second kappa shape index (κ2) is 39.6. The standard InChI is InChI=1S/C44H72NO8P/c1-4-6-8-10-12-14-16-18-20-21-23-24-26-28-30-32-34-36-43(46)50-40-42(41-52-54(48,49)51-39-38-45-3)53-44(47)37-35-33-31-29-27-25-22-19-17-15-13-11-9-7-5-2/h7,9,12-15,18-20,22-24,27-30,42,45H,4-6,8,10-11,16-17,21,25-26,31-41H2,1-3H3,(H,48,49)/b9-7-,14-12-,15-13-,20-18-,22-19-,24-23-,29-27-,30-28-. The zero-order valence-corrected chi connectivity index (χ0v) is 34.5. The SMILES string of the molecule is CC/C=C\C/C=C\C/C=C\C/C=C\CCCCC(=O)OC(COC(=O)CCC/C=C\C/C=C\C/C=C\C/C=C\CCCCC)COP(=O)(O)OCCNC. The van der Waals surface area contributed by atoms with Gasteiger partial charge in [-0.25, -0.2) is 4.57 Å². The molecule has 0 rings (SSSR count). The fourth-order valence-electron chi connectivity index (χ4n) is 4.65. The highest BCUT2D eigenvalue weighted by Crippen LogP contribution is 2.43. The zero-order valence-electron chi connectivity index (χ0n) is 33.6. The van der Waals surface area contributed by atoms with Crippen LogP contribution in [-0.4, -0.2) is 56.3 Å². The zero-order chi connectivity index (χ0) is 39.6. The second-order valence-corrected chi connectivity index (χ2v) is 14.2. The molecule has 306 valence electrons. The first kappa shape index (κ1) is 50.9. The van der Waals surface area contributed by atoms with Crippen molar-refractivity contribution in [3.63, 3.8) is 0 Å². The molecular weight excluding hydrogens is 701 g/mol. The van der Waals surface area contributed by atoms with Crippen molar-refractivity contribution < 1.29 is 37.6 Å². The smallest absolute Gasteiger partial charge is 0.462 e. The molecule has 10 heteroatoms. The van der Waals surface area contributed by atoms with Crippen molar-refractivity contribution in [2.75, 3.05) is 33.4 Å². The highest BCUT2D eigenvalue weighted by molar-refractivity contribution is 7.47. The number of nitrogens with one attached hydrogen (secondary N) is 1. The maximum atomic E-state index is 12.6. The van der Waals surface area contributed by atoms with Crippen LogP contribution in [0.25, 0.3) is 0 Å². The summed E-state index contributed by atoms with van der Waals surface area (Å²) < 4.78 is 33.0. The molecule has 0 saturated heterocycles. The summed E-state index contributed by atoms with van der Waals surface area (Å²) >= 11 is 0. The Kier molecular flexibility index (Phi) is 37.4. The van der Waals surface area contributed by atoms with Gasteiger partial charge in [0.1, 0.15) is 6.61 Å². The number of hydrogen-bond donors (Lipinski definition) is 2. The number of unbranched alkanes of at least 4 members (excludes halogenated alkanes) is 6. The third kappa shape index (κ3) is 38.6. The highest BCUT2D eigenvalue weighted by Gasteiger charge is 2.26. The Labute approximate surface area is 328 Å². The van der Waals surface area contributed by atoms with E-state index >= 15 is 0 Å². The van der Waals surface area contributed by atoms with E-state index in [2.05, 4.69) is 110 Å². The summed E-state index contributed by atoms with van der Waals surface area (Å²) in [7, 11) is -2.69. The highest BCUT2D eigenvalue weighted by atomic mass is 31.2. The molecule has 0 aromatic carbocycles. The molecule has 0 bridgehead atoms. The molecule has 0 saturated carbocycles. The number of likely N-dealkylation sites (N-methyl/N-ethyl adjacent to an activating group) is 1. The van der Waals surface area contributed by atoms with E-state index in [-0.39, 0.29) is 26.1 Å². The third-order valence-electron chi connectivity index (χ3n) is 7.69. The second-order valence-electron chi connectivity index (χ2n) is 12.7. The van der Waals surface area contributed by atoms with Gasteiger partial charge in [-0.2, -0.15) is 0 Å². The van der Waals surface area contributed by atoms with Crippen LogP contribution in [0.15, 0.2) is 97.2 Å². The van der Waals surface area contributed by atoms with E-state index in [1.54, 1.807) is 7.05 Å². The number of rotatable bonds is 36. The molecule has 0 spiro atoms. The summed E-state index contributed by atoms with van der Waals surface area (Å²) in [4.78, 5) is 34.9. The first-order chi connectivity index (χ1) is 26.3. The van der Waals surface area contributed by atoms with E-state index in [1.165, 1.54) is 25.7 Å². The molecule has 0 aromatic heterocycles. The van der Waals surface area contributed by atoms with Crippen LogP contribution >= 0.6 is 7.82 Å². The third-order valence-corrected chi connectivity index (χ3v) is 8.67. The fraction of sp³-hybridized carbons (Fsp3) is 0.591. The molecule has 0 aliphatic rings. The molecule has 0 radical (unpaired) electrons. The van der Waals surface area contributed by atoms with Crippen LogP contribution in [0.1, 0.15) is 129 Å². The summed E-state index contributed by atoms with van der Waals surface area (Å²) in [5.41, 5.74) is 0. The molecular formula is C44H72NO8P. The molecule has 54 heavy (non-hydrogen) atoms. The monoisotopic (exact) mass is 773 g/mol. The van der Waals surface area contributed by atoms with Gasteiger partial charge in [0.25, 0.3) is 0 Å². The predicted molar refractivity (Wildman–Crippen MR) is 224 cm³/mol. The summed E-state index contributed by atoms with van der Waals surface area (Å²) in [5.74, 6) is -0.934. The Morgan fingerprint density at radius 1 is 0.593 bits per heavy atom. The number of allylic oxidation sites excluding steroid dienone is 16. The van der Waals surface area contributed by atoms with E-state index in [0.717, 1.165) is 64.2 Å². The molecule has 2 atom stereocenters. The van der Waals surface area contributed by atoms with Crippen molar-refractivity contribution in [1.82, 2.24) is 5.32 Å². The molecule has 0 aliphatic carbocycles. The average Bonchev–Trinajstić information content (AvgIpc) is 3.15. The van der Waals surface area contributed by atoms with Gasteiger partial charge < -0.3 is 19.7 Å². The van der Waals surface area contributed by atoms with Crippen molar-refractivity contribution in [2.24, 2.45) is 0 Å². The lowest BCUT2D eigenvalue weighted by atomic mass is 10.2. The minimum absolute atomic E-state index is 0.0393. The summed E-state index contributed by atoms with van der Waals surface area (Å²) in [6.45, 7) is 3.93. The molecule has 2 N–H and O–H groups in total. The summed E-state index contributed by atoms with van der Waals surface area (Å²) in [6, 6.07) is 0. The van der Waals surface area contributed by atoms with Crippen LogP contribution in [-0.2, 0) is 32.7 Å². The number of phosphoric ester groups is 1. The largest absolute Gasteiger partial charge is 0.472 e. The van der Waals surface area contributed by atoms with Crippen molar-refractivity contribution in [1.29, 1.82) is 0 Å². The van der Waals surface area contributed by atoms with Crippen molar-refractivity contribution >= 4 is 19.8 Å². The van der Waals surface area contributed by atoms with E-state index < -0.39 is 32.5 Å². The van der Waals surface area contributed by atoms with Gasteiger partial charge in [0, 0.05) is 19.4 Å². The van der Waals surface area contributed by atoms with Gasteiger partial charge in [0.05, 0.1) is 13.2 Å². The maximum absolute atomic E-state index is 12.6. The lowest BCUT2D eigenvalue weighted by Gasteiger charge is -2.20. The Hall–Kier alpha value is -3.07. The lowest BCUT2D eigenvalue weighted by Crippen LogP contribution is -2.29.